The molecular formula is C17H22FNO2. The van der Waals surface area contributed by atoms with Gasteiger partial charge in [-0.25, -0.2) is 4.39 Å². The molecule has 1 aliphatic heterocycles. The van der Waals surface area contributed by atoms with E-state index in [9.17, 15) is 4.39 Å². The minimum atomic E-state index is -0.231. The second kappa shape index (κ2) is 8.14. The van der Waals surface area contributed by atoms with Gasteiger partial charge in [0.1, 0.15) is 5.82 Å². The molecule has 1 unspecified atom stereocenters. The van der Waals surface area contributed by atoms with Crippen LogP contribution < -0.4 is 0 Å². The van der Waals surface area contributed by atoms with Crippen molar-refractivity contribution >= 4 is 0 Å². The Morgan fingerprint density at radius 2 is 2.33 bits per heavy atom. The molecule has 0 spiro atoms. The lowest BCUT2D eigenvalue weighted by molar-refractivity contribution is 0.0790. The van der Waals surface area contributed by atoms with Crippen LogP contribution >= 0.6 is 0 Å². The molecule has 3 nitrogen and oxygen atoms in total. The van der Waals surface area contributed by atoms with Gasteiger partial charge in [0, 0.05) is 37.2 Å². The van der Waals surface area contributed by atoms with Gasteiger partial charge in [-0.2, -0.15) is 0 Å². The Hall–Kier alpha value is -1.41. The molecule has 0 saturated carbocycles. The largest absolute Gasteiger partial charge is 0.395 e. The van der Waals surface area contributed by atoms with Crippen molar-refractivity contribution in [2.24, 2.45) is 0 Å². The molecule has 0 aromatic heterocycles. The predicted octanol–water partition coefficient (Wildman–Crippen LogP) is 2.17. The lowest BCUT2D eigenvalue weighted by Crippen LogP contribution is -2.28. The summed E-state index contributed by atoms with van der Waals surface area (Å²) in [6.07, 6.45) is 2.90. The molecule has 0 radical (unpaired) electrons. The number of halogens is 1. The quantitative estimate of drug-likeness (QED) is 0.844. The van der Waals surface area contributed by atoms with Crippen molar-refractivity contribution in [3.8, 4) is 11.8 Å². The fraction of sp³-hybridized carbons (Fsp3) is 0.529. The summed E-state index contributed by atoms with van der Waals surface area (Å²) >= 11 is 0. The highest BCUT2D eigenvalue weighted by atomic mass is 19.1. The number of ether oxygens (including phenoxy) is 1. The molecule has 1 saturated heterocycles. The Morgan fingerprint density at radius 3 is 3.00 bits per heavy atom. The Balaban J connectivity index is 1.92. The maximum atomic E-state index is 14.1. The summed E-state index contributed by atoms with van der Waals surface area (Å²) in [6.45, 7) is 2.27. The van der Waals surface area contributed by atoms with E-state index in [1.54, 1.807) is 6.07 Å². The topological polar surface area (TPSA) is 32.7 Å². The maximum absolute atomic E-state index is 14.1. The zero-order chi connectivity index (χ0) is 15.1. The van der Waals surface area contributed by atoms with Crippen molar-refractivity contribution in [1.29, 1.82) is 0 Å². The number of aliphatic hydroxyl groups excluding tert-OH is 1. The van der Waals surface area contributed by atoms with E-state index in [0.29, 0.717) is 24.1 Å². The summed E-state index contributed by atoms with van der Waals surface area (Å²) in [5.74, 6) is 5.40. The van der Waals surface area contributed by atoms with Crippen molar-refractivity contribution in [3.05, 3.63) is 35.1 Å². The molecule has 1 aromatic carbocycles. The molecule has 1 aromatic rings. The smallest absolute Gasteiger partial charge is 0.128 e. The number of hydrogen-bond donors (Lipinski definition) is 1. The maximum Gasteiger partial charge on any atom is 0.128 e. The van der Waals surface area contributed by atoms with Gasteiger partial charge in [-0.3, -0.25) is 4.90 Å². The van der Waals surface area contributed by atoms with Crippen molar-refractivity contribution in [3.63, 3.8) is 0 Å². The minimum absolute atomic E-state index is 0.0294. The second-order valence-corrected chi connectivity index (χ2v) is 5.41. The fourth-order valence-corrected chi connectivity index (χ4v) is 2.47. The molecule has 1 fully saturated rings. The number of hydrogen-bond acceptors (Lipinski definition) is 3. The third kappa shape index (κ3) is 5.13. The molecule has 0 amide bonds. The van der Waals surface area contributed by atoms with Crippen LogP contribution in [-0.2, 0) is 11.3 Å². The number of aliphatic hydroxyl groups is 1. The van der Waals surface area contributed by atoms with Crippen LogP contribution in [0.15, 0.2) is 18.2 Å². The number of nitrogens with zero attached hydrogens (tertiary/aromatic N) is 1. The van der Waals surface area contributed by atoms with E-state index in [1.807, 2.05) is 13.1 Å². The summed E-state index contributed by atoms with van der Waals surface area (Å²) in [5.41, 5.74) is 1.31. The summed E-state index contributed by atoms with van der Waals surface area (Å²) in [6, 6.07) is 5.06. The van der Waals surface area contributed by atoms with Gasteiger partial charge in [0.25, 0.3) is 0 Å². The molecule has 1 atom stereocenters. The predicted molar refractivity (Wildman–Crippen MR) is 80.3 cm³/mol. The second-order valence-electron chi connectivity index (χ2n) is 5.41. The first-order valence-electron chi connectivity index (χ1n) is 7.37. The molecule has 114 valence electrons. The van der Waals surface area contributed by atoms with Gasteiger partial charge in [0.15, 0.2) is 0 Å². The molecule has 1 aliphatic rings. The third-order valence-corrected chi connectivity index (χ3v) is 3.50. The fourth-order valence-electron chi connectivity index (χ4n) is 2.47. The van der Waals surface area contributed by atoms with Crippen LogP contribution in [0.5, 0.6) is 0 Å². The Labute approximate surface area is 125 Å². The third-order valence-electron chi connectivity index (χ3n) is 3.50. The molecule has 4 heteroatoms. The molecule has 21 heavy (non-hydrogen) atoms. The summed E-state index contributed by atoms with van der Waals surface area (Å²) in [5, 5.41) is 8.67. The Bertz CT molecular complexity index is 515. The van der Waals surface area contributed by atoms with Gasteiger partial charge in [-0.15, -0.1) is 0 Å². The van der Waals surface area contributed by atoms with Gasteiger partial charge < -0.3 is 9.84 Å². The van der Waals surface area contributed by atoms with Crippen molar-refractivity contribution in [1.82, 2.24) is 4.90 Å². The number of rotatable bonds is 5. The SMILES string of the molecule is CN(Cc1ccc(C#CCCO)cc1F)CC1CCCO1. The van der Waals surface area contributed by atoms with Gasteiger partial charge in [0.05, 0.1) is 12.7 Å². The van der Waals surface area contributed by atoms with E-state index in [4.69, 9.17) is 9.84 Å². The van der Waals surface area contributed by atoms with Gasteiger partial charge in [-0.05, 0) is 32.0 Å². The van der Waals surface area contributed by atoms with Gasteiger partial charge in [-0.1, -0.05) is 17.9 Å². The van der Waals surface area contributed by atoms with Crippen molar-refractivity contribution in [2.45, 2.75) is 31.9 Å². The van der Waals surface area contributed by atoms with Crippen LogP contribution in [0.25, 0.3) is 0 Å². The molecule has 0 bridgehead atoms. The van der Waals surface area contributed by atoms with Gasteiger partial charge >= 0.3 is 0 Å². The lowest BCUT2D eigenvalue weighted by Gasteiger charge is -2.20. The van der Waals surface area contributed by atoms with Crippen LogP contribution in [0.2, 0.25) is 0 Å². The zero-order valence-electron chi connectivity index (χ0n) is 12.4. The molecular weight excluding hydrogens is 269 g/mol. The van der Waals surface area contributed by atoms with Crippen LogP contribution in [0.1, 0.15) is 30.4 Å². The Kier molecular flexibility index (Phi) is 6.19. The van der Waals surface area contributed by atoms with E-state index in [1.165, 1.54) is 6.07 Å². The molecule has 2 rings (SSSR count). The molecule has 1 heterocycles. The normalized spacial score (nSPS) is 17.8. The van der Waals surface area contributed by atoms with Crippen LogP contribution in [-0.4, -0.2) is 42.9 Å². The first kappa shape index (κ1) is 16.0. The summed E-state index contributed by atoms with van der Waals surface area (Å²) in [7, 11) is 1.98. The zero-order valence-corrected chi connectivity index (χ0v) is 12.4. The Morgan fingerprint density at radius 1 is 1.48 bits per heavy atom. The van der Waals surface area contributed by atoms with E-state index >= 15 is 0 Å². The van der Waals surface area contributed by atoms with E-state index in [2.05, 4.69) is 16.7 Å². The average molecular weight is 291 g/mol. The van der Waals surface area contributed by atoms with Crippen LogP contribution in [0.3, 0.4) is 0 Å². The summed E-state index contributed by atoms with van der Waals surface area (Å²) < 4.78 is 19.6. The summed E-state index contributed by atoms with van der Waals surface area (Å²) in [4.78, 5) is 2.09. The number of likely N-dealkylation sites (N-methyl/N-ethyl adjacent to an activating group) is 1. The van der Waals surface area contributed by atoms with Crippen LogP contribution in [0.4, 0.5) is 4.39 Å². The highest BCUT2D eigenvalue weighted by Gasteiger charge is 2.17. The van der Waals surface area contributed by atoms with E-state index in [-0.39, 0.29) is 18.5 Å². The first-order valence-corrected chi connectivity index (χ1v) is 7.37. The number of benzene rings is 1. The van der Waals surface area contributed by atoms with Crippen molar-refractivity contribution in [2.75, 3.05) is 26.8 Å². The van der Waals surface area contributed by atoms with Crippen molar-refractivity contribution < 1.29 is 14.2 Å². The molecule has 1 N–H and O–H groups in total. The van der Waals surface area contributed by atoms with E-state index < -0.39 is 0 Å². The monoisotopic (exact) mass is 291 g/mol. The molecule has 0 aliphatic carbocycles. The highest BCUT2D eigenvalue weighted by Crippen LogP contribution is 2.16. The lowest BCUT2D eigenvalue weighted by atomic mass is 10.1. The first-order chi connectivity index (χ1) is 10.2. The van der Waals surface area contributed by atoms with E-state index in [0.717, 1.165) is 26.0 Å². The average Bonchev–Trinajstić information content (AvgIpc) is 2.95. The van der Waals surface area contributed by atoms with Gasteiger partial charge in [0.2, 0.25) is 0 Å². The standard InChI is InChI=1S/C17H22FNO2/c1-19(13-16-6-4-10-21-16)12-15-8-7-14(11-17(15)18)5-2-3-9-20/h7-8,11,16,20H,3-4,6,9-10,12-13H2,1H3. The highest BCUT2D eigenvalue weighted by molar-refractivity contribution is 5.37. The van der Waals surface area contributed by atoms with Crippen LogP contribution in [0, 0.1) is 17.7 Å². The minimum Gasteiger partial charge on any atom is -0.395 e.